The first-order valence-corrected chi connectivity index (χ1v) is 17.9. The molecule has 0 bridgehead atoms. The summed E-state index contributed by atoms with van der Waals surface area (Å²) in [4.78, 5) is 5.29. The van der Waals surface area contributed by atoms with Crippen LogP contribution in [0, 0.1) is 5.92 Å². The molecule has 0 aromatic heterocycles. The molecule has 2 nitrogen and oxygen atoms in total. The van der Waals surface area contributed by atoms with Crippen molar-refractivity contribution in [1.82, 2.24) is 9.80 Å². The molecule has 0 saturated carbocycles. The second-order valence-corrected chi connectivity index (χ2v) is 12.9. The van der Waals surface area contributed by atoms with Crippen molar-refractivity contribution in [3.8, 4) is 0 Å². The van der Waals surface area contributed by atoms with E-state index in [4.69, 9.17) is 0 Å². The van der Waals surface area contributed by atoms with Gasteiger partial charge in [-0.2, -0.15) is 0 Å². The largest absolute Gasteiger partial charge is 0.356 e. The van der Waals surface area contributed by atoms with E-state index in [0.29, 0.717) is 12.1 Å². The van der Waals surface area contributed by atoms with E-state index in [1.165, 1.54) is 180 Å². The number of hydrogen-bond donors (Lipinski definition) is 0. The minimum absolute atomic E-state index is 0.588. The molecule has 0 aromatic rings. The molecule has 2 heteroatoms. The Morgan fingerprint density at radius 3 is 0.868 bits per heavy atom. The van der Waals surface area contributed by atoms with Crippen molar-refractivity contribution in [2.75, 3.05) is 13.1 Å². The first-order chi connectivity index (χ1) is 18.7. The van der Waals surface area contributed by atoms with Crippen LogP contribution in [0.4, 0.5) is 0 Å². The van der Waals surface area contributed by atoms with Gasteiger partial charge in [-0.05, 0) is 18.8 Å². The van der Waals surface area contributed by atoms with Crippen LogP contribution in [0.2, 0.25) is 0 Å². The second-order valence-electron chi connectivity index (χ2n) is 12.9. The van der Waals surface area contributed by atoms with Crippen molar-refractivity contribution in [2.24, 2.45) is 5.92 Å². The monoisotopic (exact) mass is 533 g/mol. The van der Waals surface area contributed by atoms with Gasteiger partial charge in [-0.15, -0.1) is 0 Å². The van der Waals surface area contributed by atoms with Crippen LogP contribution in [0.15, 0.2) is 12.4 Å². The zero-order valence-corrected chi connectivity index (χ0v) is 27.0. The van der Waals surface area contributed by atoms with Gasteiger partial charge >= 0.3 is 0 Å². The summed E-state index contributed by atoms with van der Waals surface area (Å²) in [6.07, 6.45) is 42.8. The predicted octanol–water partition coefficient (Wildman–Crippen LogP) is 12.2. The molecule has 0 spiro atoms. The third-order valence-corrected chi connectivity index (χ3v) is 8.77. The van der Waals surface area contributed by atoms with Gasteiger partial charge < -0.3 is 9.80 Å². The molecule has 1 unspecified atom stereocenters. The quantitative estimate of drug-likeness (QED) is 0.0884. The van der Waals surface area contributed by atoms with Gasteiger partial charge in [0, 0.05) is 25.5 Å². The molecule has 0 amide bonds. The second kappa shape index (κ2) is 26.6. The van der Waals surface area contributed by atoms with Crippen molar-refractivity contribution in [3.05, 3.63) is 12.4 Å². The van der Waals surface area contributed by atoms with E-state index in [0.717, 1.165) is 0 Å². The standard InChI is InChI=1S/C36H72N2/c1-5-7-9-11-13-15-17-18-19-20-22-24-26-28-30-32-38-34-33-37(36(38)35(3)4)31-29-27-25-23-21-16-14-12-10-8-6-2/h33-36H,5-32H2,1-4H3. The minimum atomic E-state index is 0.588. The first-order valence-electron chi connectivity index (χ1n) is 17.9. The predicted molar refractivity (Wildman–Crippen MR) is 173 cm³/mol. The van der Waals surface area contributed by atoms with E-state index in [1.807, 2.05) is 0 Å². The molecule has 38 heavy (non-hydrogen) atoms. The Hall–Kier alpha value is -0.660. The maximum absolute atomic E-state index is 2.64. The van der Waals surface area contributed by atoms with E-state index >= 15 is 0 Å². The van der Waals surface area contributed by atoms with Gasteiger partial charge in [0.05, 0.1) is 0 Å². The molecule has 0 N–H and O–H groups in total. The van der Waals surface area contributed by atoms with Crippen molar-refractivity contribution < 1.29 is 0 Å². The van der Waals surface area contributed by atoms with E-state index in [2.05, 4.69) is 49.9 Å². The molecule has 1 rings (SSSR count). The van der Waals surface area contributed by atoms with Gasteiger partial charge in [-0.25, -0.2) is 0 Å². The van der Waals surface area contributed by atoms with E-state index in [9.17, 15) is 0 Å². The fourth-order valence-corrected chi connectivity index (χ4v) is 6.34. The van der Waals surface area contributed by atoms with E-state index in [1.54, 1.807) is 0 Å². The summed E-state index contributed by atoms with van der Waals surface area (Å²) in [5.74, 6) is 0.689. The van der Waals surface area contributed by atoms with Gasteiger partial charge in [0.1, 0.15) is 6.17 Å². The smallest absolute Gasteiger partial charge is 0.103 e. The fraction of sp³-hybridized carbons (Fsp3) is 0.944. The number of hydrogen-bond acceptors (Lipinski definition) is 2. The summed E-state index contributed by atoms with van der Waals surface area (Å²) in [5.41, 5.74) is 0. The topological polar surface area (TPSA) is 6.48 Å². The molecule has 0 aliphatic carbocycles. The maximum atomic E-state index is 2.64. The summed E-state index contributed by atoms with van der Waals surface area (Å²) < 4.78 is 0. The fourth-order valence-electron chi connectivity index (χ4n) is 6.34. The van der Waals surface area contributed by atoms with Gasteiger partial charge in [-0.1, -0.05) is 182 Å². The molecular weight excluding hydrogens is 460 g/mol. The lowest BCUT2D eigenvalue weighted by molar-refractivity contribution is 0.104. The lowest BCUT2D eigenvalue weighted by atomic mass is 10.0. The van der Waals surface area contributed by atoms with Crippen LogP contribution in [-0.2, 0) is 0 Å². The average molecular weight is 533 g/mol. The molecule has 0 fully saturated rings. The zero-order valence-electron chi connectivity index (χ0n) is 27.0. The van der Waals surface area contributed by atoms with Crippen LogP contribution >= 0.6 is 0 Å². The Balaban J connectivity index is 1.96. The first kappa shape index (κ1) is 35.4. The molecule has 226 valence electrons. The van der Waals surface area contributed by atoms with Crippen molar-refractivity contribution in [2.45, 2.75) is 201 Å². The normalized spacial score (nSPS) is 15.4. The summed E-state index contributed by atoms with van der Waals surface area (Å²) in [5, 5.41) is 0. The lowest BCUT2D eigenvalue weighted by Gasteiger charge is -2.36. The Morgan fingerprint density at radius 1 is 0.395 bits per heavy atom. The highest BCUT2D eigenvalue weighted by molar-refractivity contribution is 4.98. The van der Waals surface area contributed by atoms with Gasteiger partial charge in [0.25, 0.3) is 0 Å². The van der Waals surface area contributed by atoms with Crippen molar-refractivity contribution in [1.29, 1.82) is 0 Å². The molecule has 0 saturated heterocycles. The van der Waals surface area contributed by atoms with Crippen LogP contribution in [-0.4, -0.2) is 29.1 Å². The molecule has 1 aliphatic rings. The Labute approximate surface area is 241 Å². The van der Waals surface area contributed by atoms with Crippen LogP contribution < -0.4 is 0 Å². The van der Waals surface area contributed by atoms with Crippen LogP contribution in [0.25, 0.3) is 0 Å². The third-order valence-electron chi connectivity index (χ3n) is 8.77. The molecule has 0 radical (unpaired) electrons. The zero-order chi connectivity index (χ0) is 27.5. The Kier molecular flexibility index (Phi) is 24.7. The summed E-state index contributed by atoms with van der Waals surface area (Å²) >= 11 is 0. The Morgan fingerprint density at radius 2 is 0.632 bits per heavy atom. The molecule has 0 aromatic carbocycles. The number of unbranched alkanes of at least 4 members (excludes halogenated alkanes) is 24. The molecule has 1 atom stereocenters. The highest BCUT2D eigenvalue weighted by Gasteiger charge is 2.28. The number of rotatable bonds is 29. The van der Waals surface area contributed by atoms with Crippen molar-refractivity contribution in [3.63, 3.8) is 0 Å². The third kappa shape index (κ3) is 19.4. The Bertz CT molecular complexity index is 500. The highest BCUT2D eigenvalue weighted by Crippen LogP contribution is 2.24. The minimum Gasteiger partial charge on any atom is -0.356 e. The summed E-state index contributed by atoms with van der Waals surface area (Å²) in [6, 6.07) is 0. The highest BCUT2D eigenvalue weighted by atomic mass is 15.4. The van der Waals surface area contributed by atoms with E-state index < -0.39 is 0 Å². The molecule has 1 aliphatic heterocycles. The van der Waals surface area contributed by atoms with E-state index in [-0.39, 0.29) is 0 Å². The maximum Gasteiger partial charge on any atom is 0.103 e. The van der Waals surface area contributed by atoms with Gasteiger partial charge in [0.2, 0.25) is 0 Å². The average Bonchev–Trinajstić information content (AvgIpc) is 3.32. The number of nitrogens with zero attached hydrogens (tertiary/aromatic N) is 2. The van der Waals surface area contributed by atoms with Crippen molar-refractivity contribution >= 4 is 0 Å². The summed E-state index contributed by atoms with van der Waals surface area (Å²) in [7, 11) is 0. The van der Waals surface area contributed by atoms with Crippen LogP contribution in [0.5, 0.6) is 0 Å². The molecular formula is C36H72N2. The van der Waals surface area contributed by atoms with Gasteiger partial charge in [0.15, 0.2) is 0 Å². The lowest BCUT2D eigenvalue weighted by Crippen LogP contribution is -2.43. The van der Waals surface area contributed by atoms with Crippen LogP contribution in [0.1, 0.15) is 195 Å². The molecule has 1 heterocycles. The van der Waals surface area contributed by atoms with Crippen LogP contribution in [0.3, 0.4) is 0 Å². The summed E-state index contributed by atoms with van der Waals surface area (Å²) in [6.45, 7) is 11.9. The SMILES string of the molecule is CCCCCCCCCCCCCCCCCN1C=CN(CCCCCCCCCCCCC)C1C(C)C. The van der Waals surface area contributed by atoms with Gasteiger partial charge in [-0.3, -0.25) is 0 Å².